The second-order valence-electron chi connectivity index (χ2n) is 3.07. The van der Waals surface area contributed by atoms with Crippen molar-refractivity contribution in [2.24, 2.45) is 16.5 Å². The summed E-state index contributed by atoms with van der Waals surface area (Å²) in [6.45, 7) is 2.26. The number of nitrogens with one attached hydrogen (secondary N) is 1. The number of sulfonamides is 1. The molecule has 1 aromatic rings. The summed E-state index contributed by atoms with van der Waals surface area (Å²) in [5.41, 5.74) is 10.2. The van der Waals surface area contributed by atoms with Crippen LogP contribution in [0.3, 0.4) is 0 Å². The minimum Gasteiger partial charge on any atom is -0.370 e. The topological polar surface area (TPSA) is 111 Å². The third-order valence-electron chi connectivity index (χ3n) is 1.68. The van der Waals surface area contributed by atoms with Crippen LogP contribution in [0.2, 0.25) is 0 Å². The van der Waals surface area contributed by atoms with Gasteiger partial charge in [-0.3, -0.25) is 4.99 Å². The number of hydrogen-bond acceptors (Lipinski definition) is 4. The number of hydrogen-bond donors (Lipinski definition) is 3. The van der Waals surface area contributed by atoms with Gasteiger partial charge in [0, 0.05) is 11.4 Å². The molecule has 0 amide bonds. The van der Waals surface area contributed by atoms with Crippen molar-refractivity contribution >= 4 is 27.3 Å². The van der Waals surface area contributed by atoms with Crippen LogP contribution in [0.1, 0.15) is 4.88 Å². The Morgan fingerprint density at radius 3 is 2.69 bits per heavy atom. The molecule has 0 aliphatic heterocycles. The minimum atomic E-state index is -3.42. The fourth-order valence-electron chi connectivity index (χ4n) is 0.993. The third kappa shape index (κ3) is 3.80. The molecule has 90 valence electrons. The maximum Gasteiger partial charge on any atom is 0.250 e. The van der Waals surface area contributed by atoms with Crippen LogP contribution in [0.4, 0.5) is 0 Å². The first kappa shape index (κ1) is 12.9. The molecular weight excluding hydrogens is 248 g/mol. The number of guanidine groups is 1. The molecular formula is C8H14N4O2S2. The van der Waals surface area contributed by atoms with Gasteiger partial charge in [-0.25, -0.2) is 13.1 Å². The van der Waals surface area contributed by atoms with Gasteiger partial charge in [0.05, 0.1) is 6.54 Å². The van der Waals surface area contributed by atoms with Crippen molar-refractivity contribution in [2.45, 2.75) is 11.1 Å². The highest BCUT2D eigenvalue weighted by atomic mass is 32.2. The summed E-state index contributed by atoms with van der Waals surface area (Å²) in [5, 5.41) is 0. The van der Waals surface area contributed by atoms with Crippen LogP contribution in [0.5, 0.6) is 0 Å². The molecule has 8 heteroatoms. The lowest BCUT2D eigenvalue weighted by Crippen LogP contribution is -2.28. The molecule has 1 aromatic heterocycles. The standard InChI is InChI=1S/C8H14N4O2S2/c1-6-2-3-7(15-6)16(13,14)12-5-4-11-8(9)10/h2-3,12H,4-5H2,1H3,(H4,9,10,11). The molecule has 16 heavy (non-hydrogen) atoms. The smallest absolute Gasteiger partial charge is 0.250 e. The maximum atomic E-state index is 11.7. The van der Waals surface area contributed by atoms with Crippen molar-refractivity contribution in [3.8, 4) is 0 Å². The number of rotatable bonds is 5. The molecule has 0 aliphatic carbocycles. The quantitative estimate of drug-likeness (QED) is 0.381. The molecule has 0 fully saturated rings. The van der Waals surface area contributed by atoms with E-state index in [-0.39, 0.29) is 19.0 Å². The Kier molecular flexibility index (Phi) is 4.27. The van der Waals surface area contributed by atoms with Gasteiger partial charge in [-0.2, -0.15) is 0 Å². The molecule has 0 unspecified atom stereocenters. The van der Waals surface area contributed by atoms with Gasteiger partial charge in [0.1, 0.15) is 4.21 Å². The second-order valence-corrected chi connectivity index (χ2v) is 6.35. The zero-order valence-corrected chi connectivity index (χ0v) is 10.4. The van der Waals surface area contributed by atoms with E-state index >= 15 is 0 Å². The first-order valence-corrected chi connectivity index (χ1v) is 6.83. The Morgan fingerprint density at radius 2 is 2.19 bits per heavy atom. The molecule has 5 N–H and O–H groups in total. The molecule has 0 spiro atoms. The second kappa shape index (κ2) is 5.28. The summed E-state index contributed by atoms with van der Waals surface area (Å²) in [6.07, 6.45) is 0. The van der Waals surface area contributed by atoms with Gasteiger partial charge in [0.2, 0.25) is 10.0 Å². The highest BCUT2D eigenvalue weighted by Gasteiger charge is 2.14. The largest absolute Gasteiger partial charge is 0.370 e. The lowest BCUT2D eigenvalue weighted by molar-refractivity contribution is 0.584. The summed E-state index contributed by atoms with van der Waals surface area (Å²) in [5.74, 6) is -0.0498. The van der Waals surface area contributed by atoms with Crippen LogP contribution in [-0.2, 0) is 10.0 Å². The van der Waals surface area contributed by atoms with Gasteiger partial charge in [-0.15, -0.1) is 11.3 Å². The first-order chi connectivity index (χ1) is 7.42. The monoisotopic (exact) mass is 262 g/mol. The van der Waals surface area contributed by atoms with Gasteiger partial charge in [0.25, 0.3) is 0 Å². The van der Waals surface area contributed by atoms with Crippen molar-refractivity contribution in [3.05, 3.63) is 17.0 Å². The lowest BCUT2D eigenvalue weighted by atomic mass is 10.5. The predicted octanol–water partition coefficient (Wildman–Crippen LogP) is -0.392. The van der Waals surface area contributed by atoms with E-state index < -0.39 is 10.0 Å². The van der Waals surface area contributed by atoms with E-state index in [9.17, 15) is 8.42 Å². The van der Waals surface area contributed by atoms with Gasteiger partial charge in [0.15, 0.2) is 5.96 Å². The van der Waals surface area contributed by atoms with Crippen LogP contribution < -0.4 is 16.2 Å². The SMILES string of the molecule is Cc1ccc(S(=O)(=O)NCCN=C(N)N)s1. The molecule has 0 atom stereocenters. The zero-order chi connectivity index (χ0) is 12.2. The highest BCUT2D eigenvalue weighted by Crippen LogP contribution is 2.19. The number of nitrogens with zero attached hydrogens (tertiary/aromatic N) is 1. The number of nitrogens with two attached hydrogens (primary N) is 2. The Labute approximate surface area is 98.4 Å². The molecule has 0 saturated carbocycles. The highest BCUT2D eigenvalue weighted by molar-refractivity contribution is 7.91. The molecule has 1 heterocycles. The van der Waals surface area contributed by atoms with Crippen LogP contribution in [0.25, 0.3) is 0 Å². The Hall–Kier alpha value is -1.12. The van der Waals surface area contributed by atoms with Gasteiger partial charge < -0.3 is 11.5 Å². The summed E-state index contributed by atoms with van der Waals surface area (Å²) >= 11 is 1.22. The van der Waals surface area contributed by atoms with E-state index in [1.165, 1.54) is 11.3 Å². The average Bonchev–Trinajstić information content (AvgIpc) is 2.60. The van der Waals surface area contributed by atoms with Crippen LogP contribution >= 0.6 is 11.3 Å². The van der Waals surface area contributed by atoms with E-state index in [4.69, 9.17) is 11.5 Å². The van der Waals surface area contributed by atoms with Crippen molar-refractivity contribution in [3.63, 3.8) is 0 Å². The van der Waals surface area contributed by atoms with Crippen LogP contribution in [0, 0.1) is 6.92 Å². The third-order valence-corrected chi connectivity index (χ3v) is 4.63. The predicted molar refractivity (Wildman–Crippen MR) is 64.9 cm³/mol. The normalized spacial score (nSPS) is 11.3. The van der Waals surface area contributed by atoms with Gasteiger partial charge in [-0.1, -0.05) is 0 Å². The van der Waals surface area contributed by atoms with E-state index in [0.29, 0.717) is 4.21 Å². The van der Waals surface area contributed by atoms with Crippen molar-refractivity contribution in [1.29, 1.82) is 0 Å². The molecule has 1 rings (SSSR count). The van der Waals surface area contributed by atoms with Gasteiger partial charge in [-0.05, 0) is 19.1 Å². The fraction of sp³-hybridized carbons (Fsp3) is 0.375. The van der Waals surface area contributed by atoms with Crippen molar-refractivity contribution in [2.75, 3.05) is 13.1 Å². The van der Waals surface area contributed by atoms with E-state index in [1.54, 1.807) is 12.1 Å². The van der Waals surface area contributed by atoms with Gasteiger partial charge >= 0.3 is 0 Å². The molecule has 0 radical (unpaired) electrons. The van der Waals surface area contributed by atoms with E-state index in [1.807, 2.05) is 6.92 Å². The Balaban J connectivity index is 2.57. The minimum absolute atomic E-state index is 0.0498. The van der Waals surface area contributed by atoms with Crippen LogP contribution in [0.15, 0.2) is 21.3 Å². The zero-order valence-electron chi connectivity index (χ0n) is 8.80. The van der Waals surface area contributed by atoms with Crippen molar-refractivity contribution in [1.82, 2.24) is 4.72 Å². The molecule has 0 saturated heterocycles. The number of thiophene rings is 1. The first-order valence-electron chi connectivity index (χ1n) is 4.53. The number of aliphatic imine (C=N–C) groups is 1. The van der Waals surface area contributed by atoms with E-state index in [0.717, 1.165) is 4.88 Å². The summed E-state index contributed by atoms with van der Waals surface area (Å²) in [7, 11) is -3.42. The van der Waals surface area contributed by atoms with Crippen LogP contribution in [-0.4, -0.2) is 27.5 Å². The molecule has 0 bridgehead atoms. The Bertz CT molecular complexity index is 474. The molecule has 0 aromatic carbocycles. The summed E-state index contributed by atoms with van der Waals surface area (Å²) in [4.78, 5) is 4.62. The maximum absolute atomic E-state index is 11.7. The fourth-order valence-corrected chi connectivity index (χ4v) is 3.34. The van der Waals surface area contributed by atoms with E-state index in [2.05, 4.69) is 9.71 Å². The summed E-state index contributed by atoms with van der Waals surface area (Å²) < 4.78 is 26.1. The Morgan fingerprint density at radius 1 is 1.50 bits per heavy atom. The molecule has 0 aliphatic rings. The van der Waals surface area contributed by atoms with Crippen molar-refractivity contribution < 1.29 is 8.42 Å². The lowest BCUT2D eigenvalue weighted by Gasteiger charge is -2.02. The summed E-state index contributed by atoms with van der Waals surface area (Å²) in [6, 6.07) is 3.33. The number of aryl methyl sites for hydroxylation is 1. The average molecular weight is 262 g/mol. The molecule has 6 nitrogen and oxygen atoms in total.